The van der Waals surface area contributed by atoms with Crippen LogP contribution < -0.4 is 11.3 Å². The third-order valence-electron chi connectivity index (χ3n) is 3.92. The van der Waals surface area contributed by atoms with Gasteiger partial charge in [-0.25, -0.2) is 0 Å². The van der Waals surface area contributed by atoms with Crippen LogP contribution in [-0.4, -0.2) is 12.6 Å². The lowest BCUT2D eigenvalue weighted by Gasteiger charge is -2.23. The van der Waals surface area contributed by atoms with Crippen molar-refractivity contribution in [2.24, 2.45) is 5.84 Å². The van der Waals surface area contributed by atoms with Gasteiger partial charge in [0.25, 0.3) is 0 Å². The lowest BCUT2D eigenvalue weighted by atomic mass is 9.93. The van der Waals surface area contributed by atoms with Crippen LogP contribution in [0.15, 0.2) is 54.3 Å². The van der Waals surface area contributed by atoms with Crippen molar-refractivity contribution < 1.29 is 4.74 Å². The van der Waals surface area contributed by atoms with E-state index in [2.05, 4.69) is 47.9 Å². The average Bonchev–Trinajstić information content (AvgIpc) is 2.53. The summed E-state index contributed by atoms with van der Waals surface area (Å²) in [6.07, 6.45) is 4.88. The first-order valence-corrected chi connectivity index (χ1v) is 7.12. The molecule has 0 saturated carbocycles. The van der Waals surface area contributed by atoms with Crippen molar-refractivity contribution in [2.45, 2.75) is 25.3 Å². The van der Waals surface area contributed by atoms with Crippen molar-refractivity contribution in [2.75, 3.05) is 6.61 Å². The predicted octanol–water partition coefficient (Wildman–Crippen LogP) is 2.91. The van der Waals surface area contributed by atoms with Gasteiger partial charge in [0.2, 0.25) is 0 Å². The van der Waals surface area contributed by atoms with Crippen LogP contribution in [0.1, 0.15) is 18.4 Å². The minimum absolute atomic E-state index is 0.140. The molecule has 20 heavy (non-hydrogen) atoms. The maximum Gasteiger partial charge on any atom is 0.0876 e. The van der Waals surface area contributed by atoms with Crippen molar-refractivity contribution in [1.29, 1.82) is 0 Å². The number of ether oxygens (including phenoxy) is 1. The summed E-state index contributed by atoms with van der Waals surface area (Å²) in [7, 11) is 0. The van der Waals surface area contributed by atoms with Gasteiger partial charge >= 0.3 is 0 Å². The number of rotatable bonds is 4. The summed E-state index contributed by atoms with van der Waals surface area (Å²) >= 11 is 0. The number of nitrogens with one attached hydrogen (secondary N) is 1. The van der Waals surface area contributed by atoms with Crippen LogP contribution in [0.25, 0.3) is 10.8 Å². The zero-order valence-electron chi connectivity index (χ0n) is 11.5. The fraction of sp³-hybridized carbons (Fsp3) is 0.294. The van der Waals surface area contributed by atoms with Gasteiger partial charge in [0.1, 0.15) is 0 Å². The number of fused-ring (bicyclic) bond motifs is 1. The third-order valence-corrected chi connectivity index (χ3v) is 3.92. The SMILES string of the molecule is NNC(Cc1cccc2ccccc12)C1=COCCC1. The number of hydrazine groups is 1. The van der Waals surface area contributed by atoms with Crippen molar-refractivity contribution in [3.05, 3.63) is 59.9 Å². The molecule has 0 radical (unpaired) electrons. The van der Waals surface area contributed by atoms with E-state index in [0.29, 0.717) is 0 Å². The molecule has 0 bridgehead atoms. The van der Waals surface area contributed by atoms with Gasteiger partial charge in [-0.2, -0.15) is 0 Å². The predicted molar refractivity (Wildman–Crippen MR) is 82.0 cm³/mol. The molecule has 3 nitrogen and oxygen atoms in total. The molecule has 0 amide bonds. The molecule has 0 saturated heterocycles. The minimum Gasteiger partial charge on any atom is -0.501 e. The van der Waals surface area contributed by atoms with E-state index in [1.807, 2.05) is 6.26 Å². The molecule has 1 unspecified atom stereocenters. The molecule has 0 spiro atoms. The average molecular weight is 268 g/mol. The van der Waals surface area contributed by atoms with E-state index in [1.54, 1.807) is 0 Å². The molecule has 1 aliphatic heterocycles. The van der Waals surface area contributed by atoms with Gasteiger partial charge in [-0.05, 0) is 41.2 Å². The summed E-state index contributed by atoms with van der Waals surface area (Å²) in [6, 6.07) is 15.0. The van der Waals surface area contributed by atoms with E-state index >= 15 is 0 Å². The Balaban J connectivity index is 1.89. The Morgan fingerprint density at radius 2 is 2.00 bits per heavy atom. The maximum absolute atomic E-state index is 5.75. The highest BCUT2D eigenvalue weighted by Gasteiger charge is 2.17. The van der Waals surface area contributed by atoms with E-state index in [9.17, 15) is 0 Å². The Morgan fingerprint density at radius 1 is 1.15 bits per heavy atom. The first kappa shape index (κ1) is 13.2. The van der Waals surface area contributed by atoms with Gasteiger partial charge < -0.3 is 4.74 Å². The summed E-state index contributed by atoms with van der Waals surface area (Å²) in [5.41, 5.74) is 5.51. The highest BCUT2D eigenvalue weighted by atomic mass is 16.5. The quantitative estimate of drug-likeness (QED) is 0.662. The van der Waals surface area contributed by atoms with Gasteiger partial charge in [0.05, 0.1) is 12.9 Å². The second-order valence-electron chi connectivity index (χ2n) is 5.23. The smallest absolute Gasteiger partial charge is 0.0876 e. The van der Waals surface area contributed by atoms with Crippen molar-refractivity contribution >= 4 is 10.8 Å². The van der Waals surface area contributed by atoms with Gasteiger partial charge in [-0.1, -0.05) is 42.5 Å². The molecular formula is C17H20N2O. The Kier molecular flexibility index (Phi) is 4.00. The molecule has 3 heteroatoms. The first-order valence-electron chi connectivity index (χ1n) is 7.12. The largest absolute Gasteiger partial charge is 0.501 e. The van der Waals surface area contributed by atoms with Crippen LogP contribution in [0.4, 0.5) is 0 Å². The van der Waals surface area contributed by atoms with Gasteiger partial charge in [-0.15, -0.1) is 0 Å². The summed E-state index contributed by atoms with van der Waals surface area (Å²) in [5.74, 6) is 5.75. The zero-order valence-corrected chi connectivity index (χ0v) is 11.5. The van der Waals surface area contributed by atoms with Crippen LogP contribution in [0.3, 0.4) is 0 Å². The highest BCUT2D eigenvalue weighted by molar-refractivity contribution is 5.85. The molecule has 104 valence electrons. The molecule has 0 aliphatic carbocycles. The number of nitrogens with two attached hydrogens (primary N) is 1. The van der Waals surface area contributed by atoms with Crippen molar-refractivity contribution in [3.8, 4) is 0 Å². The summed E-state index contributed by atoms with van der Waals surface area (Å²) in [6.45, 7) is 0.815. The molecule has 1 heterocycles. The lowest BCUT2D eigenvalue weighted by Crippen LogP contribution is -2.39. The van der Waals surface area contributed by atoms with Gasteiger partial charge in [0.15, 0.2) is 0 Å². The van der Waals surface area contributed by atoms with E-state index < -0.39 is 0 Å². The molecular weight excluding hydrogens is 248 g/mol. The van der Waals surface area contributed by atoms with E-state index in [4.69, 9.17) is 10.6 Å². The van der Waals surface area contributed by atoms with Gasteiger partial charge in [0, 0.05) is 6.04 Å². The van der Waals surface area contributed by atoms with Crippen LogP contribution >= 0.6 is 0 Å². The van der Waals surface area contributed by atoms with Crippen LogP contribution in [-0.2, 0) is 11.2 Å². The normalized spacial score (nSPS) is 16.6. The first-order chi connectivity index (χ1) is 9.88. The molecule has 2 aromatic rings. The molecule has 3 N–H and O–H groups in total. The van der Waals surface area contributed by atoms with E-state index in [1.165, 1.54) is 21.9 Å². The molecule has 1 aliphatic rings. The lowest BCUT2D eigenvalue weighted by molar-refractivity contribution is 0.219. The van der Waals surface area contributed by atoms with E-state index in [-0.39, 0.29) is 6.04 Å². The fourth-order valence-corrected chi connectivity index (χ4v) is 2.83. The standard InChI is InChI=1S/C17H20N2O/c18-19-17(15-8-4-10-20-12-15)11-14-7-3-6-13-5-1-2-9-16(13)14/h1-3,5-7,9,12,17,19H,4,8,10-11,18H2. The Hall–Kier alpha value is -1.84. The molecule has 0 fully saturated rings. The number of hydrogen-bond donors (Lipinski definition) is 2. The maximum atomic E-state index is 5.75. The molecule has 1 atom stereocenters. The summed E-state index contributed by atoms with van der Waals surface area (Å²) < 4.78 is 5.43. The molecule has 0 aromatic heterocycles. The topological polar surface area (TPSA) is 47.3 Å². The van der Waals surface area contributed by atoms with Crippen molar-refractivity contribution in [1.82, 2.24) is 5.43 Å². The highest BCUT2D eigenvalue weighted by Crippen LogP contribution is 2.23. The summed E-state index contributed by atoms with van der Waals surface area (Å²) in [4.78, 5) is 0. The third kappa shape index (κ3) is 2.69. The second-order valence-corrected chi connectivity index (χ2v) is 5.23. The van der Waals surface area contributed by atoms with Gasteiger partial charge in [-0.3, -0.25) is 11.3 Å². The minimum atomic E-state index is 0.140. The van der Waals surface area contributed by atoms with Crippen LogP contribution in [0.2, 0.25) is 0 Å². The monoisotopic (exact) mass is 268 g/mol. The van der Waals surface area contributed by atoms with Crippen LogP contribution in [0, 0.1) is 0 Å². The van der Waals surface area contributed by atoms with Crippen LogP contribution in [0.5, 0.6) is 0 Å². The van der Waals surface area contributed by atoms with Crippen molar-refractivity contribution in [3.63, 3.8) is 0 Å². The number of benzene rings is 2. The second kappa shape index (κ2) is 6.07. The Labute approximate surface area is 119 Å². The summed E-state index contributed by atoms with van der Waals surface area (Å²) in [5, 5.41) is 2.57. The Morgan fingerprint density at radius 3 is 2.80 bits per heavy atom. The molecule has 2 aromatic carbocycles. The molecule has 3 rings (SSSR count). The Bertz CT molecular complexity index is 616. The number of hydrogen-bond acceptors (Lipinski definition) is 3. The zero-order chi connectivity index (χ0) is 13.8. The fourth-order valence-electron chi connectivity index (χ4n) is 2.83. The van der Waals surface area contributed by atoms with E-state index in [0.717, 1.165) is 25.9 Å².